The first-order valence-electron chi connectivity index (χ1n) is 9.40. The zero-order valence-corrected chi connectivity index (χ0v) is 18.0. The van der Waals surface area contributed by atoms with Crippen molar-refractivity contribution in [2.24, 2.45) is 0 Å². The third kappa shape index (κ3) is 4.42. The summed E-state index contributed by atoms with van der Waals surface area (Å²) in [6.07, 6.45) is 0. The summed E-state index contributed by atoms with van der Waals surface area (Å²) in [6.45, 7) is 5.92. The minimum absolute atomic E-state index is 0.391. The smallest absolute Gasteiger partial charge is 0.252 e. The van der Waals surface area contributed by atoms with Gasteiger partial charge in [-0.2, -0.15) is 9.29 Å². The molecule has 0 radical (unpaired) electrons. The average molecular weight is 430 g/mol. The molecule has 2 aromatic heterocycles. The maximum absolute atomic E-state index is 12.7. The van der Waals surface area contributed by atoms with Crippen molar-refractivity contribution in [3.05, 3.63) is 59.1 Å². The number of nitrogens with zero attached hydrogens (tertiary/aromatic N) is 4. The van der Waals surface area contributed by atoms with E-state index in [0.29, 0.717) is 36.3 Å². The van der Waals surface area contributed by atoms with Gasteiger partial charge < -0.3 is 10.2 Å². The predicted molar refractivity (Wildman–Crippen MR) is 117 cm³/mol. The van der Waals surface area contributed by atoms with Gasteiger partial charge in [-0.05, 0) is 37.4 Å². The van der Waals surface area contributed by atoms with Gasteiger partial charge in [-0.25, -0.2) is 13.4 Å². The van der Waals surface area contributed by atoms with Gasteiger partial charge in [-0.15, -0.1) is 11.3 Å². The fourth-order valence-corrected chi connectivity index (χ4v) is 5.78. The highest BCUT2D eigenvalue weighted by atomic mass is 32.2. The fraction of sp³-hybridized carbons (Fsp3) is 0.300. The van der Waals surface area contributed by atoms with Crippen molar-refractivity contribution < 1.29 is 8.42 Å². The SMILES string of the molecule is Cc1ccc(Nc2cc(C)nc(N3CCN(S(=O)(=O)c4cccs4)CC3)n2)cc1. The summed E-state index contributed by atoms with van der Waals surface area (Å²) in [4.78, 5) is 11.2. The Morgan fingerprint density at radius 2 is 1.72 bits per heavy atom. The fourth-order valence-electron chi connectivity index (χ4n) is 3.21. The van der Waals surface area contributed by atoms with E-state index in [4.69, 9.17) is 0 Å². The van der Waals surface area contributed by atoms with Crippen LogP contribution in [0.2, 0.25) is 0 Å². The first-order chi connectivity index (χ1) is 13.9. The average Bonchev–Trinajstić information content (AvgIpc) is 3.25. The van der Waals surface area contributed by atoms with Crippen LogP contribution in [-0.2, 0) is 10.0 Å². The monoisotopic (exact) mass is 429 g/mol. The summed E-state index contributed by atoms with van der Waals surface area (Å²) in [7, 11) is -3.41. The quantitative estimate of drug-likeness (QED) is 0.670. The molecule has 1 saturated heterocycles. The Labute approximate surface area is 175 Å². The Balaban J connectivity index is 1.47. The van der Waals surface area contributed by atoms with Crippen molar-refractivity contribution in [2.75, 3.05) is 36.4 Å². The van der Waals surface area contributed by atoms with E-state index in [0.717, 1.165) is 17.2 Å². The van der Waals surface area contributed by atoms with Gasteiger partial charge in [0.25, 0.3) is 10.0 Å². The van der Waals surface area contributed by atoms with E-state index < -0.39 is 10.0 Å². The van der Waals surface area contributed by atoms with Gasteiger partial charge in [0.05, 0.1) is 0 Å². The van der Waals surface area contributed by atoms with E-state index in [1.165, 1.54) is 21.2 Å². The number of anilines is 3. The number of rotatable bonds is 5. The molecule has 152 valence electrons. The summed E-state index contributed by atoms with van der Waals surface area (Å²) < 4.78 is 27.3. The van der Waals surface area contributed by atoms with Gasteiger partial charge in [0, 0.05) is 43.6 Å². The minimum Gasteiger partial charge on any atom is -0.340 e. The summed E-state index contributed by atoms with van der Waals surface area (Å²) in [5.74, 6) is 1.35. The summed E-state index contributed by atoms with van der Waals surface area (Å²) in [5.41, 5.74) is 3.02. The Morgan fingerprint density at radius 3 is 2.38 bits per heavy atom. The molecule has 1 aliphatic heterocycles. The number of aromatic nitrogens is 2. The van der Waals surface area contributed by atoms with Crippen LogP contribution in [0.5, 0.6) is 0 Å². The van der Waals surface area contributed by atoms with Crippen molar-refractivity contribution in [2.45, 2.75) is 18.1 Å². The lowest BCUT2D eigenvalue weighted by molar-refractivity contribution is 0.383. The van der Waals surface area contributed by atoms with Crippen LogP contribution in [0.4, 0.5) is 17.5 Å². The summed E-state index contributed by atoms with van der Waals surface area (Å²) in [5, 5.41) is 5.10. The Kier molecular flexibility index (Phi) is 5.53. The third-order valence-electron chi connectivity index (χ3n) is 4.78. The third-order valence-corrected chi connectivity index (χ3v) is 8.05. The van der Waals surface area contributed by atoms with Crippen LogP contribution in [0.15, 0.2) is 52.1 Å². The molecule has 0 saturated carbocycles. The second-order valence-electron chi connectivity index (χ2n) is 7.01. The molecule has 0 amide bonds. The number of nitrogens with one attached hydrogen (secondary N) is 1. The topological polar surface area (TPSA) is 78.4 Å². The number of sulfonamides is 1. The molecule has 0 atom stereocenters. The number of piperazine rings is 1. The van der Waals surface area contributed by atoms with E-state index in [1.54, 1.807) is 17.5 Å². The van der Waals surface area contributed by atoms with Crippen LogP contribution < -0.4 is 10.2 Å². The van der Waals surface area contributed by atoms with Gasteiger partial charge in [0.2, 0.25) is 5.95 Å². The summed E-state index contributed by atoms with van der Waals surface area (Å²) >= 11 is 1.25. The van der Waals surface area contributed by atoms with Crippen LogP contribution in [-0.4, -0.2) is 48.9 Å². The van der Waals surface area contributed by atoms with Gasteiger partial charge in [0.15, 0.2) is 0 Å². The number of aryl methyl sites for hydroxylation is 2. The summed E-state index contributed by atoms with van der Waals surface area (Å²) in [6, 6.07) is 13.4. The minimum atomic E-state index is -3.41. The molecule has 1 aromatic carbocycles. The molecule has 1 aliphatic rings. The molecule has 0 spiro atoms. The largest absolute Gasteiger partial charge is 0.340 e. The van der Waals surface area contributed by atoms with Crippen molar-refractivity contribution in [3.8, 4) is 0 Å². The second-order valence-corrected chi connectivity index (χ2v) is 10.1. The first kappa shape index (κ1) is 19.8. The van der Waals surface area contributed by atoms with Crippen molar-refractivity contribution >= 4 is 38.8 Å². The Morgan fingerprint density at radius 1 is 1.00 bits per heavy atom. The van der Waals surface area contributed by atoms with Crippen LogP contribution in [0.25, 0.3) is 0 Å². The molecule has 29 heavy (non-hydrogen) atoms. The standard InChI is InChI=1S/C20H23N5O2S2/c1-15-5-7-17(8-6-15)22-18-14-16(2)21-20(23-18)24-9-11-25(12-10-24)29(26,27)19-4-3-13-28-19/h3-8,13-14H,9-12H2,1-2H3,(H,21,22,23). The molecule has 0 aliphatic carbocycles. The molecule has 0 unspecified atom stereocenters. The van der Waals surface area contributed by atoms with Gasteiger partial charge in [-0.1, -0.05) is 23.8 Å². The number of thiophene rings is 1. The number of hydrogen-bond donors (Lipinski definition) is 1. The van der Waals surface area contributed by atoms with E-state index in [-0.39, 0.29) is 0 Å². The van der Waals surface area contributed by atoms with Crippen molar-refractivity contribution in [1.82, 2.24) is 14.3 Å². The molecular weight excluding hydrogens is 406 g/mol. The lowest BCUT2D eigenvalue weighted by Gasteiger charge is -2.33. The molecule has 4 rings (SSSR count). The Bertz CT molecular complexity index is 1070. The maximum Gasteiger partial charge on any atom is 0.252 e. The molecule has 9 heteroatoms. The van der Waals surface area contributed by atoms with Gasteiger partial charge in [0.1, 0.15) is 10.0 Å². The van der Waals surface area contributed by atoms with Crippen LogP contribution in [0, 0.1) is 13.8 Å². The van der Waals surface area contributed by atoms with Crippen LogP contribution in [0.1, 0.15) is 11.3 Å². The van der Waals surface area contributed by atoms with E-state index in [1.807, 2.05) is 42.2 Å². The van der Waals surface area contributed by atoms with E-state index in [9.17, 15) is 8.42 Å². The first-order valence-corrected chi connectivity index (χ1v) is 11.7. The molecule has 1 N–H and O–H groups in total. The predicted octanol–water partition coefficient (Wildman–Crippen LogP) is 3.41. The second kappa shape index (κ2) is 8.10. The highest BCUT2D eigenvalue weighted by Crippen LogP contribution is 2.24. The molecule has 7 nitrogen and oxygen atoms in total. The van der Waals surface area contributed by atoms with Crippen LogP contribution in [0.3, 0.4) is 0 Å². The van der Waals surface area contributed by atoms with Gasteiger partial charge in [-0.3, -0.25) is 0 Å². The van der Waals surface area contributed by atoms with E-state index in [2.05, 4.69) is 22.2 Å². The van der Waals surface area contributed by atoms with Gasteiger partial charge >= 0.3 is 0 Å². The van der Waals surface area contributed by atoms with Crippen molar-refractivity contribution in [3.63, 3.8) is 0 Å². The lowest BCUT2D eigenvalue weighted by Crippen LogP contribution is -2.49. The molecule has 3 aromatic rings. The molecular formula is C20H23N5O2S2. The maximum atomic E-state index is 12.7. The van der Waals surface area contributed by atoms with Crippen LogP contribution >= 0.6 is 11.3 Å². The zero-order chi connectivity index (χ0) is 20.4. The highest BCUT2D eigenvalue weighted by molar-refractivity contribution is 7.91. The van der Waals surface area contributed by atoms with E-state index >= 15 is 0 Å². The molecule has 3 heterocycles. The molecule has 0 bridgehead atoms. The molecule has 1 fully saturated rings. The van der Waals surface area contributed by atoms with Crippen molar-refractivity contribution in [1.29, 1.82) is 0 Å². The number of benzene rings is 1. The lowest BCUT2D eigenvalue weighted by atomic mass is 10.2. The number of hydrogen-bond acceptors (Lipinski definition) is 7. The highest BCUT2D eigenvalue weighted by Gasteiger charge is 2.30. The normalized spacial score (nSPS) is 15.4. The Hall–Kier alpha value is -2.49. The zero-order valence-electron chi connectivity index (χ0n) is 16.4.